The van der Waals surface area contributed by atoms with Crippen LogP contribution in [0.5, 0.6) is 0 Å². The molecule has 64 valence electrons. The highest BCUT2D eigenvalue weighted by Crippen LogP contribution is 2.14. The molecular formula is C8H8O4. The lowest BCUT2D eigenvalue weighted by molar-refractivity contribution is -0.137. The summed E-state index contributed by atoms with van der Waals surface area (Å²) in [5.74, 6) is -1.54. The van der Waals surface area contributed by atoms with Gasteiger partial charge < -0.3 is 5.11 Å². The SMILES string of the molecule is O=C(O)CC1=CCC(=O)CC1=O. The summed E-state index contributed by atoms with van der Waals surface area (Å²) in [4.78, 5) is 31.9. The van der Waals surface area contributed by atoms with E-state index in [1.54, 1.807) is 0 Å². The van der Waals surface area contributed by atoms with Gasteiger partial charge in [-0.05, 0) is 0 Å². The molecule has 0 amide bonds. The summed E-state index contributed by atoms with van der Waals surface area (Å²) in [6, 6.07) is 0. The molecule has 12 heavy (non-hydrogen) atoms. The number of Topliss-reactive ketones (excluding diaryl/α,β-unsaturated/α-hetero) is 2. The molecule has 1 N–H and O–H groups in total. The van der Waals surface area contributed by atoms with E-state index >= 15 is 0 Å². The van der Waals surface area contributed by atoms with E-state index in [4.69, 9.17) is 5.11 Å². The van der Waals surface area contributed by atoms with E-state index in [0.29, 0.717) is 0 Å². The highest BCUT2D eigenvalue weighted by molar-refractivity contribution is 6.12. The van der Waals surface area contributed by atoms with Crippen molar-refractivity contribution in [2.24, 2.45) is 0 Å². The lowest BCUT2D eigenvalue weighted by Gasteiger charge is -2.07. The highest BCUT2D eigenvalue weighted by atomic mass is 16.4. The lowest BCUT2D eigenvalue weighted by Crippen LogP contribution is -2.17. The van der Waals surface area contributed by atoms with Crippen molar-refractivity contribution in [3.05, 3.63) is 11.6 Å². The molecule has 0 saturated heterocycles. The quantitative estimate of drug-likeness (QED) is 0.602. The summed E-state index contributed by atoms with van der Waals surface area (Å²) in [5, 5.41) is 8.37. The van der Waals surface area contributed by atoms with Crippen molar-refractivity contribution in [3.8, 4) is 0 Å². The van der Waals surface area contributed by atoms with Crippen LogP contribution in [0, 0.1) is 0 Å². The Hall–Kier alpha value is -1.45. The number of carboxylic acids is 1. The maximum absolute atomic E-state index is 11.0. The Balaban J connectivity index is 2.71. The van der Waals surface area contributed by atoms with Crippen molar-refractivity contribution >= 4 is 17.5 Å². The number of hydrogen-bond acceptors (Lipinski definition) is 3. The van der Waals surface area contributed by atoms with Crippen molar-refractivity contribution in [1.82, 2.24) is 0 Å². The topological polar surface area (TPSA) is 71.4 Å². The number of ketones is 2. The first-order valence-electron chi connectivity index (χ1n) is 3.55. The smallest absolute Gasteiger partial charge is 0.307 e. The second-order valence-corrected chi connectivity index (χ2v) is 2.64. The van der Waals surface area contributed by atoms with Gasteiger partial charge in [0.1, 0.15) is 5.78 Å². The zero-order valence-corrected chi connectivity index (χ0v) is 6.37. The van der Waals surface area contributed by atoms with E-state index < -0.39 is 5.97 Å². The van der Waals surface area contributed by atoms with Gasteiger partial charge >= 0.3 is 5.97 Å². The van der Waals surface area contributed by atoms with E-state index in [1.165, 1.54) is 6.08 Å². The van der Waals surface area contributed by atoms with Crippen molar-refractivity contribution in [3.63, 3.8) is 0 Å². The predicted molar refractivity (Wildman–Crippen MR) is 39.6 cm³/mol. The molecule has 0 unspecified atom stereocenters. The Kier molecular flexibility index (Phi) is 2.38. The predicted octanol–water partition coefficient (Wildman–Crippen LogP) is 0.320. The van der Waals surface area contributed by atoms with E-state index in [-0.39, 0.29) is 36.4 Å². The van der Waals surface area contributed by atoms with E-state index in [9.17, 15) is 14.4 Å². The molecule has 0 aromatic heterocycles. The van der Waals surface area contributed by atoms with Crippen molar-refractivity contribution in [2.45, 2.75) is 19.3 Å². The maximum atomic E-state index is 11.0. The van der Waals surface area contributed by atoms with Gasteiger partial charge in [0.15, 0.2) is 5.78 Å². The average Bonchev–Trinajstić information content (AvgIpc) is 1.94. The Morgan fingerprint density at radius 1 is 1.50 bits per heavy atom. The minimum Gasteiger partial charge on any atom is -0.481 e. The molecule has 0 radical (unpaired) electrons. The molecule has 1 aliphatic rings. The van der Waals surface area contributed by atoms with Gasteiger partial charge in [-0.3, -0.25) is 14.4 Å². The number of carbonyl (C=O) groups excluding carboxylic acids is 2. The van der Waals surface area contributed by atoms with Gasteiger partial charge in [-0.25, -0.2) is 0 Å². The summed E-state index contributed by atoms with van der Waals surface area (Å²) < 4.78 is 0. The van der Waals surface area contributed by atoms with Crippen LogP contribution in [0.1, 0.15) is 19.3 Å². The fourth-order valence-corrected chi connectivity index (χ4v) is 1.05. The Labute approximate surface area is 68.9 Å². The van der Waals surface area contributed by atoms with Crippen LogP contribution in [0.25, 0.3) is 0 Å². The summed E-state index contributed by atoms with van der Waals surface area (Å²) in [5.41, 5.74) is 0.252. The van der Waals surface area contributed by atoms with Crippen LogP contribution in [-0.4, -0.2) is 22.6 Å². The Morgan fingerprint density at radius 3 is 2.67 bits per heavy atom. The fraction of sp³-hybridized carbons (Fsp3) is 0.375. The molecule has 4 heteroatoms. The van der Waals surface area contributed by atoms with Gasteiger partial charge in [0, 0.05) is 12.0 Å². The Bertz CT molecular complexity index is 275. The summed E-state index contributed by atoms with van der Waals surface area (Å²) in [7, 11) is 0. The molecule has 0 bridgehead atoms. The van der Waals surface area contributed by atoms with Crippen molar-refractivity contribution < 1.29 is 19.5 Å². The van der Waals surface area contributed by atoms with E-state index in [0.717, 1.165) is 0 Å². The largest absolute Gasteiger partial charge is 0.481 e. The van der Waals surface area contributed by atoms with Crippen LogP contribution >= 0.6 is 0 Å². The third-order valence-electron chi connectivity index (χ3n) is 1.63. The van der Waals surface area contributed by atoms with Gasteiger partial charge in [-0.1, -0.05) is 6.08 Å². The second-order valence-electron chi connectivity index (χ2n) is 2.64. The maximum Gasteiger partial charge on any atom is 0.307 e. The molecule has 0 saturated carbocycles. The molecule has 1 rings (SSSR count). The van der Waals surface area contributed by atoms with E-state index in [2.05, 4.69) is 0 Å². The zero-order valence-electron chi connectivity index (χ0n) is 6.37. The lowest BCUT2D eigenvalue weighted by atomic mass is 9.95. The zero-order chi connectivity index (χ0) is 9.14. The van der Waals surface area contributed by atoms with E-state index in [1.807, 2.05) is 0 Å². The summed E-state index contributed by atoms with van der Waals surface area (Å²) in [6.07, 6.45) is 1.18. The minimum atomic E-state index is -1.04. The average molecular weight is 168 g/mol. The molecule has 0 fully saturated rings. The van der Waals surface area contributed by atoms with Crippen molar-refractivity contribution in [1.29, 1.82) is 0 Å². The summed E-state index contributed by atoms with van der Waals surface area (Å²) in [6.45, 7) is 0. The van der Waals surface area contributed by atoms with Crippen LogP contribution in [0.4, 0.5) is 0 Å². The second kappa shape index (κ2) is 3.30. The highest BCUT2D eigenvalue weighted by Gasteiger charge is 2.20. The number of rotatable bonds is 2. The van der Waals surface area contributed by atoms with Crippen LogP contribution in [0.2, 0.25) is 0 Å². The molecule has 1 aliphatic carbocycles. The van der Waals surface area contributed by atoms with Crippen LogP contribution in [0.3, 0.4) is 0 Å². The molecule has 0 heterocycles. The normalized spacial score (nSPS) is 17.5. The molecule has 0 aromatic carbocycles. The van der Waals surface area contributed by atoms with Gasteiger partial charge in [-0.15, -0.1) is 0 Å². The summed E-state index contributed by atoms with van der Waals surface area (Å²) >= 11 is 0. The van der Waals surface area contributed by atoms with Gasteiger partial charge in [0.25, 0.3) is 0 Å². The van der Waals surface area contributed by atoms with Gasteiger partial charge in [0.2, 0.25) is 0 Å². The number of carboxylic acid groups (broad SMARTS) is 1. The van der Waals surface area contributed by atoms with Crippen LogP contribution in [-0.2, 0) is 14.4 Å². The monoisotopic (exact) mass is 168 g/mol. The van der Waals surface area contributed by atoms with Gasteiger partial charge in [0.05, 0.1) is 12.8 Å². The first-order valence-corrected chi connectivity index (χ1v) is 3.55. The number of hydrogen-bond donors (Lipinski definition) is 1. The van der Waals surface area contributed by atoms with Crippen molar-refractivity contribution in [2.75, 3.05) is 0 Å². The third-order valence-corrected chi connectivity index (χ3v) is 1.63. The minimum absolute atomic E-state index is 0.140. The first-order chi connectivity index (χ1) is 5.59. The van der Waals surface area contributed by atoms with Gasteiger partial charge in [-0.2, -0.15) is 0 Å². The molecule has 0 aliphatic heterocycles. The molecular weight excluding hydrogens is 160 g/mol. The number of aliphatic carboxylic acids is 1. The molecule has 0 aromatic rings. The molecule has 0 atom stereocenters. The fourth-order valence-electron chi connectivity index (χ4n) is 1.05. The standard InChI is InChI=1S/C8H8O4/c9-6-2-1-5(3-8(11)12)7(10)4-6/h1H,2-4H2,(H,11,12). The number of carbonyl (C=O) groups is 3. The Morgan fingerprint density at radius 2 is 2.17 bits per heavy atom. The molecule has 0 spiro atoms. The first kappa shape index (κ1) is 8.64. The van der Waals surface area contributed by atoms with Crippen LogP contribution in [0.15, 0.2) is 11.6 Å². The number of allylic oxidation sites excluding steroid dienone is 1. The molecule has 4 nitrogen and oxygen atoms in total. The van der Waals surface area contributed by atoms with Crippen LogP contribution < -0.4 is 0 Å². The third kappa shape index (κ3) is 2.02.